The molecule has 2 aromatic carbocycles. The van der Waals surface area contributed by atoms with Gasteiger partial charge in [-0.15, -0.1) is 0 Å². The number of rotatable bonds is 4. The largest absolute Gasteiger partial charge is 0.478 e. The molecular weight excluding hydrogens is 360 g/mol. The number of hydrogen-bond donors (Lipinski definition) is 1. The third-order valence-corrected chi connectivity index (χ3v) is 4.84. The fourth-order valence-corrected chi connectivity index (χ4v) is 3.43. The highest BCUT2D eigenvalue weighted by atomic mass is 32.1. The van der Waals surface area contributed by atoms with Crippen molar-refractivity contribution in [3.05, 3.63) is 92.7 Å². The summed E-state index contributed by atoms with van der Waals surface area (Å²) in [7, 11) is 0. The van der Waals surface area contributed by atoms with Crippen LogP contribution in [0.3, 0.4) is 0 Å². The average Bonchev–Trinajstić information content (AvgIpc) is 3.20. The number of benzene rings is 2. The summed E-state index contributed by atoms with van der Waals surface area (Å²) in [6, 6.07) is 15.3. The third-order valence-electron chi connectivity index (χ3n) is 4.14. The molecule has 2 aromatic heterocycles. The van der Waals surface area contributed by atoms with E-state index in [2.05, 4.69) is 4.98 Å². The second-order valence-corrected chi connectivity index (χ2v) is 6.65. The Morgan fingerprint density at radius 2 is 1.81 bits per heavy atom. The minimum Gasteiger partial charge on any atom is -0.478 e. The first kappa shape index (κ1) is 16.9. The lowest BCUT2D eigenvalue weighted by molar-refractivity contribution is 0.0697. The topological polar surface area (TPSA) is 72.2 Å². The van der Waals surface area contributed by atoms with E-state index in [1.807, 2.05) is 29.0 Å². The lowest BCUT2D eigenvalue weighted by Gasteiger charge is -2.11. The second-order valence-electron chi connectivity index (χ2n) is 5.87. The lowest BCUT2D eigenvalue weighted by atomic mass is 10.2. The molecule has 4 aromatic rings. The van der Waals surface area contributed by atoms with Crippen molar-refractivity contribution in [3.63, 3.8) is 0 Å². The SMILES string of the molecule is O=C(O)c1ccc(-n2c(/C=C/c3ccsc3)nc3ccccc3c2=O)cc1. The van der Waals surface area contributed by atoms with Gasteiger partial charge in [0.1, 0.15) is 5.82 Å². The first-order chi connectivity index (χ1) is 13.1. The van der Waals surface area contributed by atoms with E-state index in [1.165, 1.54) is 16.7 Å². The van der Waals surface area contributed by atoms with Crippen LogP contribution in [0.4, 0.5) is 0 Å². The number of carboxylic acid groups (broad SMARTS) is 1. The molecule has 1 N–H and O–H groups in total. The van der Waals surface area contributed by atoms with E-state index in [0.29, 0.717) is 22.4 Å². The molecule has 0 aliphatic heterocycles. The number of carbonyl (C=O) groups is 1. The maximum Gasteiger partial charge on any atom is 0.335 e. The van der Waals surface area contributed by atoms with Crippen molar-refractivity contribution in [3.8, 4) is 5.69 Å². The van der Waals surface area contributed by atoms with Gasteiger partial charge in [-0.25, -0.2) is 9.78 Å². The van der Waals surface area contributed by atoms with Crippen LogP contribution in [-0.4, -0.2) is 20.6 Å². The van der Waals surface area contributed by atoms with Crippen LogP contribution in [-0.2, 0) is 0 Å². The lowest BCUT2D eigenvalue weighted by Crippen LogP contribution is -2.22. The Balaban J connectivity index is 1.93. The molecule has 6 heteroatoms. The minimum absolute atomic E-state index is 0.163. The predicted octanol–water partition coefficient (Wildman–Crippen LogP) is 4.32. The Labute approximate surface area is 158 Å². The quantitative estimate of drug-likeness (QED) is 0.578. The maximum absolute atomic E-state index is 13.1. The number of aromatic nitrogens is 2. The van der Waals surface area contributed by atoms with Gasteiger partial charge in [-0.2, -0.15) is 11.3 Å². The summed E-state index contributed by atoms with van der Waals surface area (Å²) >= 11 is 1.59. The van der Waals surface area contributed by atoms with Gasteiger partial charge in [0.25, 0.3) is 5.56 Å². The Hall–Kier alpha value is -3.51. The van der Waals surface area contributed by atoms with Gasteiger partial charge in [-0.1, -0.05) is 18.2 Å². The number of para-hydroxylation sites is 1. The predicted molar refractivity (Wildman–Crippen MR) is 108 cm³/mol. The van der Waals surface area contributed by atoms with Gasteiger partial charge >= 0.3 is 5.97 Å². The van der Waals surface area contributed by atoms with E-state index < -0.39 is 5.97 Å². The van der Waals surface area contributed by atoms with Crippen molar-refractivity contribution in [1.82, 2.24) is 9.55 Å². The number of hydrogen-bond acceptors (Lipinski definition) is 4. The summed E-state index contributed by atoms with van der Waals surface area (Å²) in [5.41, 5.74) is 2.17. The molecule has 4 rings (SSSR count). The van der Waals surface area contributed by atoms with Crippen LogP contribution in [0.1, 0.15) is 21.7 Å². The molecule has 0 amide bonds. The van der Waals surface area contributed by atoms with Crippen LogP contribution in [0, 0.1) is 0 Å². The summed E-state index contributed by atoms with van der Waals surface area (Å²) in [6.07, 6.45) is 3.69. The molecule has 0 atom stereocenters. The summed E-state index contributed by atoms with van der Waals surface area (Å²) in [5.74, 6) is -0.531. The fraction of sp³-hybridized carbons (Fsp3) is 0. The van der Waals surface area contributed by atoms with Crippen LogP contribution in [0.15, 0.2) is 70.2 Å². The molecular formula is C21H14N2O3S. The van der Waals surface area contributed by atoms with Crippen LogP contribution >= 0.6 is 11.3 Å². The zero-order valence-corrected chi connectivity index (χ0v) is 14.9. The van der Waals surface area contributed by atoms with Crippen molar-refractivity contribution in [2.75, 3.05) is 0 Å². The standard InChI is InChI=1S/C21H14N2O3S/c24-20-17-3-1-2-4-18(17)22-19(10-5-14-11-12-27-13-14)23(20)16-8-6-15(7-9-16)21(25)26/h1-13H,(H,25,26)/b10-5+. The summed E-state index contributed by atoms with van der Waals surface area (Å²) in [6.45, 7) is 0. The molecule has 2 heterocycles. The maximum atomic E-state index is 13.1. The Bertz CT molecular complexity index is 1210. The number of aromatic carboxylic acids is 1. The number of nitrogens with zero attached hydrogens (tertiary/aromatic N) is 2. The Morgan fingerprint density at radius 1 is 1.04 bits per heavy atom. The molecule has 0 unspecified atom stereocenters. The number of fused-ring (bicyclic) bond motifs is 1. The normalized spacial score (nSPS) is 11.3. The second kappa shape index (κ2) is 7.01. The minimum atomic E-state index is -1.01. The van der Waals surface area contributed by atoms with Crippen LogP contribution in [0.5, 0.6) is 0 Å². The van der Waals surface area contributed by atoms with Gasteiger partial charge in [0.15, 0.2) is 0 Å². The molecule has 132 valence electrons. The summed E-state index contributed by atoms with van der Waals surface area (Å²) in [5, 5.41) is 13.6. The van der Waals surface area contributed by atoms with Crippen LogP contribution in [0.2, 0.25) is 0 Å². The molecule has 0 saturated heterocycles. The van der Waals surface area contributed by atoms with Gasteiger partial charge in [0, 0.05) is 0 Å². The van der Waals surface area contributed by atoms with E-state index in [0.717, 1.165) is 5.56 Å². The Kier molecular flexibility index (Phi) is 4.40. The summed E-state index contributed by atoms with van der Waals surface area (Å²) in [4.78, 5) is 28.8. The van der Waals surface area contributed by atoms with Gasteiger partial charge in [0.05, 0.1) is 22.2 Å². The van der Waals surface area contributed by atoms with E-state index in [9.17, 15) is 9.59 Å². The van der Waals surface area contributed by atoms with Crippen molar-refractivity contribution >= 4 is 40.4 Å². The molecule has 0 radical (unpaired) electrons. The third kappa shape index (κ3) is 3.30. The van der Waals surface area contributed by atoms with Gasteiger partial charge < -0.3 is 5.11 Å². The van der Waals surface area contributed by atoms with Gasteiger partial charge in [0.2, 0.25) is 0 Å². The average molecular weight is 374 g/mol. The highest BCUT2D eigenvalue weighted by Gasteiger charge is 2.12. The van der Waals surface area contributed by atoms with Gasteiger partial charge in [-0.3, -0.25) is 9.36 Å². The Morgan fingerprint density at radius 3 is 2.52 bits per heavy atom. The van der Waals surface area contributed by atoms with Crippen LogP contribution < -0.4 is 5.56 Å². The fourth-order valence-electron chi connectivity index (χ4n) is 2.80. The highest BCUT2D eigenvalue weighted by molar-refractivity contribution is 7.08. The molecule has 0 saturated carbocycles. The van der Waals surface area contributed by atoms with E-state index >= 15 is 0 Å². The smallest absolute Gasteiger partial charge is 0.335 e. The zero-order chi connectivity index (χ0) is 18.8. The first-order valence-corrected chi connectivity index (χ1v) is 9.13. The summed E-state index contributed by atoms with van der Waals surface area (Å²) < 4.78 is 1.50. The molecule has 5 nitrogen and oxygen atoms in total. The van der Waals surface area contributed by atoms with Crippen molar-refractivity contribution in [2.24, 2.45) is 0 Å². The van der Waals surface area contributed by atoms with Crippen LogP contribution in [0.25, 0.3) is 28.7 Å². The number of thiophene rings is 1. The monoisotopic (exact) mass is 374 g/mol. The molecule has 0 aliphatic rings. The highest BCUT2D eigenvalue weighted by Crippen LogP contribution is 2.17. The first-order valence-electron chi connectivity index (χ1n) is 8.19. The van der Waals surface area contributed by atoms with Crippen molar-refractivity contribution in [2.45, 2.75) is 0 Å². The molecule has 0 aliphatic carbocycles. The van der Waals surface area contributed by atoms with Crippen molar-refractivity contribution < 1.29 is 9.90 Å². The number of carboxylic acids is 1. The molecule has 0 spiro atoms. The molecule has 0 fully saturated rings. The van der Waals surface area contributed by atoms with E-state index in [1.54, 1.807) is 47.7 Å². The van der Waals surface area contributed by atoms with Gasteiger partial charge in [-0.05, 0) is 64.9 Å². The van der Waals surface area contributed by atoms with E-state index in [-0.39, 0.29) is 11.1 Å². The zero-order valence-electron chi connectivity index (χ0n) is 14.1. The molecule has 0 bridgehead atoms. The van der Waals surface area contributed by atoms with E-state index in [4.69, 9.17) is 5.11 Å². The van der Waals surface area contributed by atoms with Crippen molar-refractivity contribution in [1.29, 1.82) is 0 Å². The molecule has 27 heavy (non-hydrogen) atoms.